The summed E-state index contributed by atoms with van der Waals surface area (Å²) in [6, 6.07) is 15.4. The standard InChI is InChI=1S/C23H24O2/c1-5-7-21(24)17-9-13-19(14-10-17)23(3,4)20-15-11-18(12-16-20)22(25)8-6-2/h5-16H,1-4H3. The van der Waals surface area contributed by atoms with Gasteiger partial charge >= 0.3 is 0 Å². The van der Waals surface area contributed by atoms with Gasteiger partial charge in [0.1, 0.15) is 0 Å². The zero-order chi connectivity index (χ0) is 18.4. The Labute approximate surface area is 149 Å². The molecule has 128 valence electrons. The van der Waals surface area contributed by atoms with E-state index in [0.717, 1.165) is 11.1 Å². The topological polar surface area (TPSA) is 34.1 Å². The Hall–Kier alpha value is -2.74. The lowest BCUT2D eigenvalue weighted by atomic mass is 9.77. The number of carbonyl (C=O) groups excluding carboxylic acids is 2. The summed E-state index contributed by atoms with van der Waals surface area (Å²) in [4.78, 5) is 23.8. The maximum Gasteiger partial charge on any atom is 0.185 e. The molecule has 0 N–H and O–H groups in total. The molecule has 2 rings (SSSR count). The number of benzene rings is 2. The first-order valence-corrected chi connectivity index (χ1v) is 8.45. The van der Waals surface area contributed by atoms with Crippen molar-refractivity contribution in [3.05, 3.63) is 95.1 Å². The fourth-order valence-electron chi connectivity index (χ4n) is 2.76. The maximum absolute atomic E-state index is 11.9. The lowest BCUT2D eigenvalue weighted by Crippen LogP contribution is -2.19. The third kappa shape index (κ3) is 4.21. The van der Waals surface area contributed by atoms with Gasteiger partial charge in [0.2, 0.25) is 0 Å². The molecule has 2 aromatic carbocycles. The Morgan fingerprint density at radius 1 is 0.680 bits per heavy atom. The first-order valence-electron chi connectivity index (χ1n) is 8.45. The summed E-state index contributed by atoms with van der Waals surface area (Å²) >= 11 is 0. The normalized spacial score (nSPS) is 12.0. The molecule has 0 aromatic heterocycles. The van der Waals surface area contributed by atoms with Crippen LogP contribution in [0.3, 0.4) is 0 Å². The molecule has 0 bridgehead atoms. The van der Waals surface area contributed by atoms with Crippen molar-refractivity contribution < 1.29 is 9.59 Å². The molecular weight excluding hydrogens is 308 g/mol. The van der Waals surface area contributed by atoms with E-state index in [0.29, 0.717) is 11.1 Å². The summed E-state index contributed by atoms with van der Waals surface area (Å²) in [5.74, 6) is 0.0254. The molecule has 2 nitrogen and oxygen atoms in total. The van der Waals surface area contributed by atoms with E-state index in [1.165, 1.54) is 0 Å². The van der Waals surface area contributed by atoms with E-state index >= 15 is 0 Å². The van der Waals surface area contributed by atoms with Gasteiger partial charge in [-0.1, -0.05) is 74.5 Å². The average molecular weight is 332 g/mol. The minimum Gasteiger partial charge on any atom is -0.289 e. The van der Waals surface area contributed by atoms with Crippen molar-refractivity contribution in [2.45, 2.75) is 33.1 Å². The van der Waals surface area contributed by atoms with Crippen LogP contribution in [0.1, 0.15) is 59.5 Å². The Morgan fingerprint density at radius 2 is 1.00 bits per heavy atom. The summed E-state index contributed by atoms with van der Waals surface area (Å²) in [5.41, 5.74) is 3.40. The van der Waals surface area contributed by atoms with Crippen molar-refractivity contribution in [1.82, 2.24) is 0 Å². The van der Waals surface area contributed by atoms with Crippen molar-refractivity contribution in [2.75, 3.05) is 0 Å². The highest BCUT2D eigenvalue weighted by Crippen LogP contribution is 2.31. The Morgan fingerprint density at radius 3 is 1.28 bits per heavy atom. The SMILES string of the molecule is CC=CC(=O)c1ccc(C(C)(C)c2ccc(C(=O)C=CC)cc2)cc1. The number of rotatable bonds is 6. The third-order valence-electron chi connectivity index (χ3n) is 4.42. The van der Waals surface area contributed by atoms with Gasteiger partial charge in [-0.2, -0.15) is 0 Å². The smallest absolute Gasteiger partial charge is 0.185 e. The lowest BCUT2D eigenvalue weighted by Gasteiger charge is -2.26. The molecule has 0 unspecified atom stereocenters. The van der Waals surface area contributed by atoms with E-state index in [1.54, 1.807) is 24.3 Å². The first-order chi connectivity index (χ1) is 11.9. The second-order valence-electron chi connectivity index (χ2n) is 6.51. The van der Waals surface area contributed by atoms with Gasteiger partial charge in [-0.3, -0.25) is 9.59 Å². The molecule has 0 heterocycles. The Kier molecular flexibility index (Phi) is 5.87. The summed E-state index contributed by atoms with van der Waals surface area (Å²) < 4.78 is 0. The fourth-order valence-corrected chi connectivity index (χ4v) is 2.76. The van der Waals surface area contributed by atoms with E-state index in [9.17, 15) is 9.59 Å². The van der Waals surface area contributed by atoms with Gasteiger partial charge in [0, 0.05) is 16.5 Å². The molecule has 0 spiro atoms. The van der Waals surface area contributed by atoms with Crippen molar-refractivity contribution in [3.63, 3.8) is 0 Å². The Balaban J connectivity index is 2.28. The number of ketones is 2. The van der Waals surface area contributed by atoms with Crippen molar-refractivity contribution in [2.24, 2.45) is 0 Å². The van der Waals surface area contributed by atoms with Gasteiger partial charge in [-0.25, -0.2) is 0 Å². The molecule has 0 radical (unpaired) electrons. The van der Waals surface area contributed by atoms with Gasteiger partial charge in [-0.15, -0.1) is 0 Å². The molecule has 2 aromatic rings. The predicted octanol–water partition coefficient (Wildman–Crippen LogP) is 5.53. The van der Waals surface area contributed by atoms with Crippen LogP contribution in [0.15, 0.2) is 72.8 Å². The van der Waals surface area contributed by atoms with E-state index in [1.807, 2.05) is 62.4 Å². The highest BCUT2D eigenvalue weighted by Gasteiger charge is 2.23. The molecule has 0 fully saturated rings. The van der Waals surface area contributed by atoms with Crippen LogP contribution in [-0.2, 0) is 5.41 Å². The molecular formula is C23H24O2. The van der Waals surface area contributed by atoms with Crippen LogP contribution in [0.5, 0.6) is 0 Å². The van der Waals surface area contributed by atoms with Crippen LogP contribution >= 0.6 is 0 Å². The number of carbonyl (C=O) groups is 2. The number of hydrogen-bond donors (Lipinski definition) is 0. The zero-order valence-corrected chi connectivity index (χ0v) is 15.2. The van der Waals surface area contributed by atoms with E-state index in [2.05, 4.69) is 13.8 Å². The summed E-state index contributed by atoms with van der Waals surface area (Å²) in [6.45, 7) is 7.94. The van der Waals surface area contributed by atoms with Crippen molar-refractivity contribution in [3.8, 4) is 0 Å². The van der Waals surface area contributed by atoms with Gasteiger partial charge in [0.25, 0.3) is 0 Å². The second kappa shape index (κ2) is 7.89. The van der Waals surface area contributed by atoms with E-state index in [-0.39, 0.29) is 17.0 Å². The van der Waals surface area contributed by atoms with Crippen LogP contribution in [0.4, 0.5) is 0 Å². The zero-order valence-electron chi connectivity index (χ0n) is 15.2. The predicted molar refractivity (Wildman–Crippen MR) is 103 cm³/mol. The molecule has 25 heavy (non-hydrogen) atoms. The fraction of sp³-hybridized carbons (Fsp3) is 0.217. The van der Waals surface area contributed by atoms with Crippen LogP contribution in [0.25, 0.3) is 0 Å². The Bertz CT molecular complexity index is 735. The van der Waals surface area contributed by atoms with Gasteiger partial charge in [0.15, 0.2) is 11.6 Å². The van der Waals surface area contributed by atoms with Crippen LogP contribution in [0, 0.1) is 0 Å². The van der Waals surface area contributed by atoms with Crippen LogP contribution in [0.2, 0.25) is 0 Å². The largest absolute Gasteiger partial charge is 0.289 e. The summed E-state index contributed by atoms with van der Waals surface area (Å²) in [5, 5.41) is 0. The summed E-state index contributed by atoms with van der Waals surface area (Å²) in [6.07, 6.45) is 6.63. The maximum atomic E-state index is 11.9. The van der Waals surface area contributed by atoms with E-state index in [4.69, 9.17) is 0 Å². The van der Waals surface area contributed by atoms with Gasteiger partial charge < -0.3 is 0 Å². The van der Waals surface area contributed by atoms with Gasteiger partial charge in [-0.05, 0) is 37.1 Å². The van der Waals surface area contributed by atoms with Crippen molar-refractivity contribution >= 4 is 11.6 Å². The van der Waals surface area contributed by atoms with Gasteiger partial charge in [0.05, 0.1) is 0 Å². The molecule has 0 aliphatic carbocycles. The molecule has 0 atom stereocenters. The van der Waals surface area contributed by atoms with Crippen LogP contribution in [-0.4, -0.2) is 11.6 Å². The highest BCUT2D eigenvalue weighted by molar-refractivity contribution is 6.05. The van der Waals surface area contributed by atoms with E-state index < -0.39 is 0 Å². The first kappa shape index (κ1) is 18.6. The highest BCUT2D eigenvalue weighted by atomic mass is 16.1. The minimum atomic E-state index is -0.218. The molecule has 0 amide bonds. The third-order valence-corrected chi connectivity index (χ3v) is 4.42. The quantitative estimate of drug-likeness (QED) is 0.515. The molecule has 2 heteroatoms. The lowest BCUT2D eigenvalue weighted by molar-refractivity contribution is 0.103. The summed E-state index contributed by atoms with van der Waals surface area (Å²) in [7, 11) is 0. The molecule has 0 saturated heterocycles. The number of allylic oxidation sites excluding steroid dienone is 4. The molecule has 0 saturated carbocycles. The van der Waals surface area contributed by atoms with Crippen molar-refractivity contribution in [1.29, 1.82) is 0 Å². The molecule has 0 aliphatic rings. The second-order valence-corrected chi connectivity index (χ2v) is 6.51. The average Bonchev–Trinajstić information content (AvgIpc) is 2.62. The minimum absolute atomic E-state index is 0.0127. The monoisotopic (exact) mass is 332 g/mol. The van der Waals surface area contributed by atoms with Crippen LogP contribution < -0.4 is 0 Å². The molecule has 0 aliphatic heterocycles. The number of hydrogen-bond acceptors (Lipinski definition) is 2.